The van der Waals surface area contributed by atoms with Crippen LogP contribution >= 0.6 is 0 Å². The number of aliphatic carboxylic acids is 1. The molecule has 0 spiro atoms. The highest BCUT2D eigenvalue weighted by molar-refractivity contribution is 7.89. The monoisotopic (exact) mass is 299 g/mol. The predicted molar refractivity (Wildman–Crippen MR) is 77.3 cm³/mol. The molecule has 2 N–H and O–H groups in total. The molecule has 112 valence electrons. The summed E-state index contributed by atoms with van der Waals surface area (Å²) in [5, 5.41) is 9.02. The summed E-state index contributed by atoms with van der Waals surface area (Å²) in [5.74, 6) is -1.04. The Morgan fingerprint density at radius 2 is 1.65 bits per heavy atom. The normalized spacial score (nSPS) is 12.4. The van der Waals surface area contributed by atoms with Crippen LogP contribution in [-0.4, -0.2) is 26.0 Å². The molecule has 1 aromatic rings. The van der Waals surface area contributed by atoms with E-state index in [-0.39, 0.29) is 11.4 Å². The molecule has 1 aromatic carbocycles. The largest absolute Gasteiger partial charge is 0.481 e. The Kier molecular flexibility index (Phi) is 4.61. The molecule has 5 nitrogen and oxygen atoms in total. The average molecular weight is 299 g/mol. The molecule has 0 heterocycles. The Hall–Kier alpha value is -1.40. The van der Waals surface area contributed by atoms with E-state index in [1.54, 1.807) is 26.0 Å². The number of benzene rings is 1. The van der Waals surface area contributed by atoms with Gasteiger partial charge in [-0.05, 0) is 45.7 Å². The topological polar surface area (TPSA) is 83.5 Å². The van der Waals surface area contributed by atoms with Gasteiger partial charge in [0.15, 0.2) is 0 Å². The molecule has 0 aliphatic carbocycles. The number of hydrogen-bond donors (Lipinski definition) is 2. The second kappa shape index (κ2) is 5.54. The molecule has 20 heavy (non-hydrogen) atoms. The van der Waals surface area contributed by atoms with Crippen molar-refractivity contribution in [3.05, 3.63) is 28.8 Å². The molecular formula is C14H21NO4S. The summed E-state index contributed by atoms with van der Waals surface area (Å²) in [7, 11) is -3.72. The smallest absolute Gasteiger partial charge is 0.310 e. The lowest BCUT2D eigenvalue weighted by Gasteiger charge is -2.20. The van der Waals surface area contributed by atoms with Crippen molar-refractivity contribution in [3.63, 3.8) is 0 Å². The van der Waals surface area contributed by atoms with Crippen LogP contribution in [0.2, 0.25) is 0 Å². The quantitative estimate of drug-likeness (QED) is 0.871. The van der Waals surface area contributed by atoms with E-state index in [1.807, 2.05) is 6.92 Å². The van der Waals surface area contributed by atoms with Crippen molar-refractivity contribution in [2.24, 2.45) is 5.41 Å². The fourth-order valence-electron chi connectivity index (χ4n) is 2.01. The summed E-state index contributed by atoms with van der Waals surface area (Å²) in [6.45, 7) is 8.17. The van der Waals surface area contributed by atoms with Gasteiger partial charge in [-0.3, -0.25) is 4.79 Å². The highest BCUT2D eigenvalue weighted by Crippen LogP contribution is 2.22. The molecule has 0 saturated carbocycles. The molecular weight excluding hydrogens is 278 g/mol. The number of rotatable bonds is 5. The van der Waals surface area contributed by atoms with E-state index in [0.29, 0.717) is 11.1 Å². The van der Waals surface area contributed by atoms with Crippen LogP contribution in [0.1, 0.15) is 30.5 Å². The van der Waals surface area contributed by atoms with Gasteiger partial charge in [0.2, 0.25) is 10.0 Å². The number of hydrogen-bond acceptors (Lipinski definition) is 3. The zero-order chi connectivity index (χ0) is 15.7. The van der Waals surface area contributed by atoms with Crippen molar-refractivity contribution in [2.45, 2.75) is 39.5 Å². The summed E-state index contributed by atoms with van der Waals surface area (Å²) in [4.78, 5) is 11.2. The van der Waals surface area contributed by atoms with E-state index in [0.717, 1.165) is 5.56 Å². The molecule has 0 aromatic heterocycles. The maximum Gasteiger partial charge on any atom is 0.310 e. The van der Waals surface area contributed by atoms with Crippen molar-refractivity contribution >= 4 is 16.0 Å². The summed E-state index contributed by atoms with van der Waals surface area (Å²) in [6, 6.07) is 3.59. The minimum atomic E-state index is -3.72. The van der Waals surface area contributed by atoms with Crippen LogP contribution in [0.5, 0.6) is 0 Å². The number of carboxylic acid groups (broad SMARTS) is 1. The molecule has 0 radical (unpaired) electrons. The van der Waals surface area contributed by atoms with Gasteiger partial charge in [-0.2, -0.15) is 0 Å². The Morgan fingerprint density at radius 3 is 2.05 bits per heavy atom. The minimum Gasteiger partial charge on any atom is -0.481 e. The molecule has 0 unspecified atom stereocenters. The maximum absolute atomic E-state index is 12.4. The highest BCUT2D eigenvalue weighted by Gasteiger charge is 2.30. The SMILES string of the molecule is Cc1cc(C)c(S(=O)(=O)NCC(C)(C)C(=O)O)c(C)c1. The first-order valence-electron chi connectivity index (χ1n) is 6.28. The van der Waals surface area contributed by atoms with Crippen LogP contribution in [0, 0.1) is 26.2 Å². The Morgan fingerprint density at radius 1 is 1.20 bits per heavy atom. The van der Waals surface area contributed by atoms with Crippen molar-refractivity contribution in [1.82, 2.24) is 4.72 Å². The standard InChI is InChI=1S/C14H21NO4S/c1-9-6-10(2)12(11(3)7-9)20(18,19)15-8-14(4,5)13(16)17/h6-7,15H,8H2,1-5H3,(H,16,17). The van der Waals surface area contributed by atoms with Crippen LogP contribution < -0.4 is 4.72 Å². The van der Waals surface area contributed by atoms with Gasteiger partial charge in [-0.15, -0.1) is 0 Å². The molecule has 0 aliphatic heterocycles. The van der Waals surface area contributed by atoms with Gasteiger partial charge in [0, 0.05) is 6.54 Å². The van der Waals surface area contributed by atoms with Crippen LogP contribution in [0.15, 0.2) is 17.0 Å². The van der Waals surface area contributed by atoms with E-state index in [1.165, 1.54) is 13.8 Å². The number of carboxylic acids is 1. The van der Waals surface area contributed by atoms with E-state index in [2.05, 4.69) is 4.72 Å². The first-order valence-corrected chi connectivity index (χ1v) is 7.76. The summed E-state index contributed by atoms with van der Waals surface area (Å²) >= 11 is 0. The van der Waals surface area contributed by atoms with E-state index in [4.69, 9.17) is 5.11 Å². The summed E-state index contributed by atoms with van der Waals surface area (Å²) in [6.07, 6.45) is 0. The molecule has 0 bridgehead atoms. The lowest BCUT2D eigenvalue weighted by atomic mass is 9.95. The second-order valence-corrected chi connectivity index (χ2v) is 7.45. The first-order chi connectivity index (χ1) is 8.97. The zero-order valence-corrected chi connectivity index (χ0v) is 13.3. The number of carbonyl (C=O) groups is 1. The van der Waals surface area contributed by atoms with Gasteiger partial charge < -0.3 is 5.11 Å². The van der Waals surface area contributed by atoms with E-state index >= 15 is 0 Å². The molecule has 0 saturated heterocycles. The second-order valence-electron chi connectivity index (χ2n) is 5.74. The van der Waals surface area contributed by atoms with Crippen LogP contribution in [0.4, 0.5) is 0 Å². The van der Waals surface area contributed by atoms with Crippen LogP contribution in [0.25, 0.3) is 0 Å². The highest BCUT2D eigenvalue weighted by atomic mass is 32.2. The minimum absolute atomic E-state index is 0.155. The molecule has 0 fully saturated rings. The summed E-state index contributed by atoms with van der Waals surface area (Å²) in [5.41, 5.74) is 1.15. The van der Waals surface area contributed by atoms with Gasteiger partial charge in [0.1, 0.15) is 0 Å². The summed E-state index contributed by atoms with van der Waals surface area (Å²) < 4.78 is 27.1. The average Bonchev–Trinajstić information content (AvgIpc) is 2.24. The van der Waals surface area contributed by atoms with Crippen molar-refractivity contribution in [3.8, 4) is 0 Å². The third-order valence-corrected chi connectivity index (χ3v) is 4.86. The molecule has 0 aliphatic rings. The maximum atomic E-state index is 12.4. The fourth-order valence-corrected chi connectivity index (χ4v) is 3.67. The first kappa shape index (κ1) is 16.7. The van der Waals surface area contributed by atoms with Gasteiger partial charge in [0.05, 0.1) is 10.3 Å². The van der Waals surface area contributed by atoms with Gasteiger partial charge in [-0.1, -0.05) is 17.7 Å². The van der Waals surface area contributed by atoms with Crippen LogP contribution in [-0.2, 0) is 14.8 Å². The third kappa shape index (κ3) is 3.58. The Bertz CT molecular complexity index is 610. The Balaban J connectivity index is 3.11. The molecule has 0 amide bonds. The van der Waals surface area contributed by atoms with Gasteiger partial charge in [0.25, 0.3) is 0 Å². The van der Waals surface area contributed by atoms with Crippen LogP contribution in [0.3, 0.4) is 0 Å². The predicted octanol–water partition coefficient (Wildman–Crippen LogP) is 2.00. The third-order valence-electron chi connectivity index (χ3n) is 3.16. The molecule has 6 heteroatoms. The van der Waals surface area contributed by atoms with Crippen molar-refractivity contribution < 1.29 is 18.3 Å². The molecule has 1 rings (SSSR count). The van der Waals surface area contributed by atoms with E-state index < -0.39 is 21.4 Å². The van der Waals surface area contributed by atoms with Crippen molar-refractivity contribution in [2.75, 3.05) is 6.54 Å². The lowest BCUT2D eigenvalue weighted by Crippen LogP contribution is -2.39. The van der Waals surface area contributed by atoms with E-state index in [9.17, 15) is 13.2 Å². The lowest BCUT2D eigenvalue weighted by molar-refractivity contribution is -0.146. The van der Waals surface area contributed by atoms with Crippen molar-refractivity contribution in [1.29, 1.82) is 0 Å². The number of aryl methyl sites for hydroxylation is 3. The number of nitrogens with one attached hydrogen (secondary N) is 1. The van der Waals surface area contributed by atoms with Gasteiger partial charge >= 0.3 is 5.97 Å². The fraction of sp³-hybridized carbons (Fsp3) is 0.500. The Labute approximate surface area is 120 Å². The molecule has 0 atom stereocenters. The number of sulfonamides is 1. The van der Waals surface area contributed by atoms with Gasteiger partial charge in [-0.25, -0.2) is 13.1 Å². The zero-order valence-electron chi connectivity index (χ0n) is 12.4.